The van der Waals surface area contributed by atoms with Gasteiger partial charge in [0, 0.05) is 25.8 Å². The molecule has 8 heteroatoms. The lowest BCUT2D eigenvalue weighted by atomic mass is 9.98. The van der Waals surface area contributed by atoms with Crippen LogP contribution in [0.2, 0.25) is 0 Å². The van der Waals surface area contributed by atoms with Gasteiger partial charge < -0.3 is 9.73 Å². The van der Waals surface area contributed by atoms with Gasteiger partial charge in [-0.25, -0.2) is 9.07 Å². The number of anilines is 1. The van der Waals surface area contributed by atoms with Gasteiger partial charge in [-0.05, 0) is 50.2 Å². The average molecular weight is 397 g/mol. The zero-order valence-electron chi connectivity index (χ0n) is 16.3. The molecule has 1 fully saturated rings. The minimum Gasteiger partial charge on any atom is -0.461 e. The van der Waals surface area contributed by atoms with Gasteiger partial charge in [-0.15, -0.1) is 0 Å². The first-order chi connectivity index (χ1) is 14.1. The van der Waals surface area contributed by atoms with E-state index in [1.807, 2.05) is 0 Å². The normalized spacial score (nSPS) is 14.8. The Morgan fingerprint density at radius 3 is 2.86 bits per heavy atom. The van der Waals surface area contributed by atoms with Gasteiger partial charge in [-0.1, -0.05) is 12.1 Å². The SMILES string of the molecule is Cn1nc(C2CCNCC2)nc1NC(=O)CCc1ccc(-c2ccccc2F)o1. The van der Waals surface area contributed by atoms with Crippen LogP contribution in [-0.4, -0.2) is 33.8 Å². The van der Waals surface area contributed by atoms with Crippen LogP contribution in [0.1, 0.15) is 36.8 Å². The second kappa shape index (κ2) is 8.57. The first-order valence-electron chi connectivity index (χ1n) is 9.85. The lowest BCUT2D eigenvalue weighted by molar-refractivity contribution is -0.116. The number of nitrogens with one attached hydrogen (secondary N) is 2. The van der Waals surface area contributed by atoms with Crippen LogP contribution in [0.3, 0.4) is 0 Å². The highest BCUT2D eigenvalue weighted by Gasteiger charge is 2.21. The Labute approximate surface area is 168 Å². The fourth-order valence-electron chi connectivity index (χ4n) is 3.51. The molecule has 0 spiro atoms. The first-order valence-corrected chi connectivity index (χ1v) is 9.85. The predicted molar refractivity (Wildman–Crippen MR) is 107 cm³/mol. The summed E-state index contributed by atoms with van der Waals surface area (Å²) in [4.78, 5) is 16.9. The molecule has 152 valence electrons. The summed E-state index contributed by atoms with van der Waals surface area (Å²) in [6.07, 6.45) is 2.65. The highest BCUT2D eigenvalue weighted by Crippen LogP contribution is 2.26. The predicted octanol–water partition coefficient (Wildman–Crippen LogP) is 3.25. The number of aryl methyl sites for hydroxylation is 2. The van der Waals surface area contributed by atoms with Crippen molar-refractivity contribution in [2.24, 2.45) is 7.05 Å². The summed E-state index contributed by atoms with van der Waals surface area (Å²) >= 11 is 0. The Hall–Kier alpha value is -3.00. The fraction of sp³-hybridized carbons (Fsp3) is 0.381. The third-order valence-electron chi connectivity index (χ3n) is 5.13. The van der Waals surface area contributed by atoms with Gasteiger partial charge in [0.25, 0.3) is 0 Å². The summed E-state index contributed by atoms with van der Waals surface area (Å²) in [6.45, 7) is 1.92. The lowest BCUT2D eigenvalue weighted by Crippen LogP contribution is -2.27. The van der Waals surface area contributed by atoms with Crippen molar-refractivity contribution < 1.29 is 13.6 Å². The molecular formula is C21H24FN5O2. The Morgan fingerprint density at radius 1 is 1.28 bits per heavy atom. The summed E-state index contributed by atoms with van der Waals surface area (Å²) in [5, 5.41) is 10.6. The molecule has 1 aliphatic rings. The van der Waals surface area contributed by atoms with E-state index in [-0.39, 0.29) is 18.1 Å². The zero-order valence-corrected chi connectivity index (χ0v) is 16.3. The molecule has 7 nitrogen and oxygen atoms in total. The molecule has 4 rings (SSSR count). The quantitative estimate of drug-likeness (QED) is 0.667. The maximum Gasteiger partial charge on any atom is 0.227 e. The van der Waals surface area contributed by atoms with Gasteiger partial charge in [0.1, 0.15) is 17.3 Å². The molecule has 0 radical (unpaired) electrons. The van der Waals surface area contributed by atoms with Crippen molar-refractivity contribution in [1.82, 2.24) is 20.1 Å². The number of halogens is 1. The molecule has 0 saturated carbocycles. The van der Waals surface area contributed by atoms with Crippen molar-refractivity contribution in [3.63, 3.8) is 0 Å². The number of hydrogen-bond donors (Lipinski definition) is 2. The maximum absolute atomic E-state index is 13.9. The largest absolute Gasteiger partial charge is 0.461 e. The zero-order chi connectivity index (χ0) is 20.2. The van der Waals surface area contributed by atoms with Crippen LogP contribution in [-0.2, 0) is 18.3 Å². The number of aromatic nitrogens is 3. The molecule has 2 aromatic heterocycles. The van der Waals surface area contributed by atoms with E-state index in [4.69, 9.17) is 4.42 Å². The van der Waals surface area contributed by atoms with Crippen molar-refractivity contribution in [2.45, 2.75) is 31.6 Å². The molecule has 0 atom stereocenters. The Balaban J connectivity index is 1.34. The molecule has 1 aliphatic heterocycles. The number of carbonyl (C=O) groups excluding carboxylic acids is 1. The van der Waals surface area contributed by atoms with Gasteiger partial charge in [0.05, 0.1) is 5.56 Å². The molecule has 0 aliphatic carbocycles. The summed E-state index contributed by atoms with van der Waals surface area (Å²) in [7, 11) is 1.78. The van der Waals surface area contributed by atoms with E-state index < -0.39 is 0 Å². The molecule has 3 aromatic rings. The smallest absolute Gasteiger partial charge is 0.227 e. The van der Waals surface area contributed by atoms with E-state index in [1.165, 1.54) is 6.07 Å². The van der Waals surface area contributed by atoms with Gasteiger partial charge in [0.2, 0.25) is 11.9 Å². The minimum absolute atomic E-state index is 0.166. The molecular weight excluding hydrogens is 373 g/mol. The van der Waals surface area contributed by atoms with E-state index in [2.05, 4.69) is 20.7 Å². The number of furan rings is 1. The van der Waals surface area contributed by atoms with Crippen molar-refractivity contribution in [2.75, 3.05) is 18.4 Å². The second-order valence-corrected chi connectivity index (χ2v) is 7.24. The summed E-state index contributed by atoms with van der Waals surface area (Å²) in [5.41, 5.74) is 0.410. The molecule has 2 N–H and O–H groups in total. The highest BCUT2D eigenvalue weighted by molar-refractivity contribution is 5.89. The molecule has 3 heterocycles. The Morgan fingerprint density at radius 2 is 2.07 bits per heavy atom. The second-order valence-electron chi connectivity index (χ2n) is 7.24. The third-order valence-corrected chi connectivity index (χ3v) is 5.13. The molecule has 1 aromatic carbocycles. The number of rotatable bonds is 6. The number of piperidine rings is 1. The van der Waals surface area contributed by atoms with Crippen molar-refractivity contribution in [3.05, 3.63) is 53.8 Å². The van der Waals surface area contributed by atoms with Crippen molar-refractivity contribution in [1.29, 1.82) is 0 Å². The topological polar surface area (TPSA) is 85.0 Å². The van der Waals surface area contributed by atoms with Crippen LogP contribution in [0, 0.1) is 5.82 Å². The highest BCUT2D eigenvalue weighted by atomic mass is 19.1. The monoisotopic (exact) mass is 397 g/mol. The van der Waals surface area contributed by atoms with Crippen LogP contribution in [0.25, 0.3) is 11.3 Å². The third kappa shape index (κ3) is 4.54. The summed E-state index contributed by atoms with van der Waals surface area (Å²) < 4.78 is 21.2. The number of carbonyl (C=O) groups is 1. The van der Waals surface area contributed by atoms with Gasteiger partial charge in [-0.2, -0.15) is 10.1 Å². The van der Waals surface area contributed by atoms with E-state index in [9.17, 15) is 9.18 Å². The molecule has 1 amide bonds. The van der Waals surface area contributed by atoms with Crippen LogP contribution in [0.4, 0.5) is 10.3 Å². The number of benzene rings is 1. The fourth-order valence-corrected chi connectivity index (χ4v) is 3.51. The average Bonchev–Trinajstić information content (AvgIpc) is 3.35. The molecule has 0 unspecified atom stereocenters. The lowest BCUT2D eigenvalue weighted by Gasteiger charge is -2.19. The standard InChI is InChI=1S/C21H24FN5O2/c1-27-21(25-20(26-27)14-10-12-23-13-11-14)24-19(28)9-7-15-6-8-18(29-15)16-4-2-3-5-17(16)22/h2-6,8,14,23H,7,9-13H2,1H3,(H,24,25,26,28). The van der Waals surface area contributed by atoms with Crippen LogP contribution < -0.4 is 10.6 Å². The summed E-state index contributed by atoms with van der Waals surface area (Å²) in [6, 6.07) is 9.94. The van der Waals surface area contributed by atoms with Crippen LogP contribution in [0.5, 0.6) is 0 Å². The number of hydrogen-bond acceptors (Lipinski definition) is 5. The van der Waals surface area contributed by atoms with Crippen LogP contribution >= 0.6 is 0 Å². The number of amides is 1. The van der Waals surface area contributed by atoms with Gasteiger partial charge in [0.15, 0.2) is 5.82 Å². The van der Waals surface area contributed by atoms with Gasteiger partial charge in [-0.3, -0.25) is 10.1 Å². The van der Waals surface area contributed by atoms with E-state index in [0.29, 0.717) is 35.4 Å². The summed E-state index contributed by atoms with van der Waals surface area (Å²) in [5.74, 6) is 2.15. The molecule has 0 bridgehead atoms. The first kappa shape index (κ1) is 19.3. The van der Waals surface area contributed by atoms with Crippen LogP contribution in [0.15, 0.2) is 40.8 Å². The molecule has 29 heavy (non-hydrogen) atoms. The minimum atomic E-state index is -0.335. The van der Waals surface area contributed by atoms with E-state index in [0.717, 1.165) is 31.8 Å². The Bertz CT molecular complexity index is 991. The Kier molecular flexibility index (Phi) is 5.71. The van der Waals surface area contributed by atoms with Crippen molar-refractivity contribution in [3.8, 4) is 11.3 Å². The maximum atomic E-state index is 13.9. The number of nitrogens with zero attached hydrogens (tertiary/aromatic N) is 3. The van der Waals surface area contributed by atoms with Crippen molar-refractivity contribution >= 4 is 11.9 Å². The van der Waals surface area contributed by atoms with E-state index in [1.54, 1.807) is 42.1 Å². The van der Waals surface area contributed by atoms with Gasteiger partial charge >= 0.3 is 0 Å². The van der Waals surface area contributed by atoms with E-state index >= 15 is 0 Å². The molecule has 1 saturated heterocycles.